The molecule has 3 rings (SSSR count). The van der Waals surface area contributed by atoms with Crippen LogP contribution in [-0.2, 0) is 6.54 Å². The molecular weight excluding hydrogens is 489 g/mol. The van der Waals surface area contributed by atoms with Gasteiger partial charge in [-0.2, -0.15) is 11.8 Å². The molecule has 0 spiro atoms. The van der Waals surface area contributed by atoms with E-state index in [0.29, 0.717) is 5.54 Å². The second-order valence-corrected chi connectivity index (χ2v) is 9.70. The van der Waals surface area contributed by atoms with Crippen molar-refractivity contribution in [2.75, 3.05) is 44.7 Å². The molecule has 0 radical (unpaired) electrons. The summed E-state index contributed by atoms with van der Waals surface area (Å²) in [5, 5.41) is 6.76. The van der Waals surface area contributed by atoms with Crippen LogP contribution in [0.4, 0.5) is 0 Å². The van der Waals surface area contributed by atoms with Gasteiger partial charge < -0.3 is 10.2 Å². The summed E-state index contributed by atoms with van der Waals surface area (Å²) >= 11 is 3.81. The molecule has 8 heteroatoms. The Kier molecular flexibility index (Phi) is 9.64. The van der Waals surface area contributed by atoms with E-state index in [1.807, 2.05) is 0 Å². The topological polar surface area (TPSA) is 43.8 Å². The van der Waals surface area contributed by atoms with Crippen LogP contribution in [0.1, 0.15) is 43.3 Å². The Labute approximate surface area is 189 Å². The van der Waals surface area contributed by atoms with Gasteiger partial charge >= 0.3 is 0 Å². The first-order valence-electron chi connectivity index (χ1n) is 9.86. The number of aliphatic imine (C=N–C) groups is 1. The zero-order chi connectivity index (χ0) is 18.4. The van der Waals surface area contributed by atoms with Crippen LogP contribution < -0.4 is 5.32 Å². The molecule has 0 aromatic carbocycles. The summed E-state index contributed by atoms with van der Waals surface area (Å²) in [7, 11) is 2.12. The Balaban J connectivity index is 0.00000261. The van der Waals surface area contributed by atoms with Gasteiger partial charge in [-0.05, 0) is 26.7 Å². The average molecular weight is 524 g/mol. The van der Waals surface area contributed by atoms with Gasteiger partial charge in [-0.1, -0.05) is 12.8 Å². The van der Waals surface area contributed by atoms with Crippen LogP contribution in [-0.4, -0.2) is 71.0 Å². The number of aryl methyl sites for hydroxylation is 1. The largest absolute Gasteiger partial charge is 0.357 e. The minimum atomic E-state index is 0. The van der Waals surface area contributed by atoms with E-state index in [-0.39, 0.29) is 24.0 Å². The highest BCUT2D eigenvalue weighted by molar-refractivity contribution is 14.0. The molecule has 5 nitrogen and oxygen atoms in total. The summed E-state index contributed by atoms with van der Waals surface area (Å²) in [5.74, 6) is 3.55. The summed E-state index contributed by atoms with van der Waals surface area (Å²) < 4.78 is 0. The van der Waals surface area contributed by atoms with E-state index in [2.05, 4.69) is 58.1 Å². The molecule has 1 aromatic rings. The molecule has 0 bridgehead atoms. The van der Waals surface area contributed by atoms with Crippen molar-refractivity contribution in [3.63, 3.8) is 0 Å². The van der Waals surface area contributed by atoms with Gasteiger partial charge in [0, 0.05) is 49.1 Å². The van der Waals surface area contributed by atoms with E-state index in [4.69, 9.17) is 4.99 Å². The fourth-order valence-electron chi connectivity index (χ4n) is 4.14. The van der Waals surface area contributed by atoms with E-state index in [1.165, 1.54) is 50.3 Å². The number of aromatic nitrogens is 1. The van der Waals surface area contributed by atoms with Crippen molar-refractivity contribution in [1.82, 2.24) is 20.1 Å². The highest BCUT2D eigenvalue weighted by Crippen LogP contribution is 2.37. The Bertz CT molecular complexity index is 595. The lowest BCUT2D eigenvalue weighted by atomic mass is 9.95. The monoisotopic (exact) mass is 523 g/mol. The summed E-state index contributed by atoms with van der Waals surface area (Å²) in [6, 6.07) is 0. The third-order valence-electron chi connectivity index (χ3n) is 5.50. The quantitative estimate of drug-likeness (QED) is 0.349. The predicted molar refractivity (Wildman–Crippen MR) is 130 cm³/mol. The smallest absolute Gasteiger partial charge is 0.194 e. The Hall–Kier alpha value is -0.0600. The molecular formula is C19H34IN5S2. The molecule has 0 amide bonds. The van der Waals surface area contributed by atoms with E-state index in [0.717, 1.165) is 36.3 Å². The van der Waals surface area contributed by atoms with Crippen LogP contribution in [0.2, 0.25) is 0 Å². The fraction of sp³-hybridized carbons (Fsp3) is 0.789. The molecule has 1 aliphatic heterocycles. The van der Waals surface area contributed by atoms with Gasteiger partial charge in [-0.15, -0.1) is 35.3 Å². The molecule has 2 heterocycles. The minimum absolute atomic E-state index is 0. The first-order chi connectivity index (χ1) is 12.6. The van der Waals surface area contributed by atoms with E-state index in [1.54, 1.807) is 11.3 Å². The molecule has 2 aliphatic rings. The fourth-order valence-corrected chi connectivity index (χ4v) is 5.64. The standard InChI is InChI=1S/C19H33N5S2.HI/c1-4-20-18(23(3)13-17-14-26-16(2)22-17)21-15-19(7-5-6-8-19)24-9-11-25-12-10-24;/h14H,4-13,15H2,1-3H3,(H,20,21);1H. The zero-order valence-corrected chi connectivity index (χ0v) is 20.8. The van der Waals surface area contributed by atoms with Crippen LogP contribution in [0.15, 0.2) is 10.4 Å². The van der Waals surface area contributed by atoms with Crippen molar-refractivity contribution in [2.45, 2.75) is 51.6 Å². The predicted octanol–water partition coefficient (Wildman–Crippen LogP) is 3.83. The van der Waals surface area contributed by atoms with Crippen molar-refractivity contribution in [1.29, 1.82) is 0 Å². The SMILES string of the molecule is CCNC(=NCC1(N2CCSCC2)CCCC1)N(C)Cc1csc(C)n1.I. The van der Waals surface area contributed by atoms with Gasteiger partial charge in [0.15, 0.2) is 5.96 Å². The van der Waals surface area contributed by atoms with Gasteiger partial charge in [0.25, 0.3) is 0 Å². The number of nitrogens with zero attached hydrogens (tertiary/aromatic N) is 4. The molecule has 1 saturated heterocycles. The molecule has 1 aliphatic carbocycles. The lowest BCUT2D eigenvalue weighted by molar-refractivity contribution is 0.112. The first kappa shape index (κ1) is 23.2. The maximum absolute atomic E-state index is 5.10. The highest BCUT2D eigenvalue weighted by atomic mass is 127. The highest BCUT2D eigenvalue weighted by Gasteiger charge is 2.40. The van der Waals surface area contributed by atoms with Gasteiger partial charge in [0.1, 0.15) is 0 Å². The number of thiazole rings is 1. The van der Waals surface area contributed by atoms with Crippen molar-refractivity contribution >= 4 is 53.0 Å². The van der Waals surface area contributed by atoms with Gasteiger partial charge in [0.05, 0.1) is 23.8 Å². The van der Waals surface area contributed by atoms with E-state index in [9.17, 15) is 0 Å². The number of hydrogen-bond donors (Lipinski definition) is 1. The average Bonchev–Trinajstić information content (AvgIpc) is 3.29. The maximum atomic E-state index is 5.10. The molecule has 0 unspecified atom stereocenters. The Morgan fingerprint density at radius 2 is 2.04 bits per heavy atom. The van der Waals surface area contributed by atoms with E-state index >= 15 is 0 Å². The molecule has 1 saturated carbocycles. The van der Waals surface area contributed by atoms with Crippen LogP contribution in [0.25, 0.3) is 0 Å². The zero-order valence-electron chi connectivity index (χ0n) is 16.9. The molecule has 1 N–H and O–H groups in total. The van der Waals surface area contributed by atoms with Gasteiger partial charge in [-0.25, -0.2) is 4.98 Å². The van der Waals surface area contributed by atoms with Crippen LogP contribution >= 0.6 is 47.1 Å². The third-order valence-corrected chi connectivity index (χ3v) is 7.27. The number of halogens is 1. The number of guanidine groups is 1. The summed E-state index contributed by atoms with van der Waals surface area (Å²) in [5.41, 5.74) is 1.42. The second kappa shape index (κ2) is 11.2. The van der Waals surface area contributed by atoms with Crippen molar-refractivity contribution < 1.29 is 0 Å². The number of thioether (sulfide) groups is 1. The van der Waals surface area contributed by atoms with Crippen molar-refractivity contribution in [3.05, 3.63) is 16.1 Å². The van der Waals surface area contributed by atoms with Crippen LogP contribution in [0, 0.1) is 6.92 Å². The van der Waals surface area contributed by atoms with Gasteiger partial charge in [0.2, 0.25) is 0 Å². The minimum Gasteiger partial charge on any atom is -0.357 e. The third kappa shape index (κ3) is 6.21. The lowest BCUT2D eigenvalue weighted by Gasteiger charge is -2.42. The number of hydrogen-bond acceptors (Lipinski definition) is 5. The van der Waals surface area contributed by atoms with E-state index < -0.39 is 0 Å². The Morgan fingerprint density at radius 1 is 1.33 bits per heavy atom. The molecule has 27 heavy (non-hydrogen) atoms. The summed E-state index contributed by atoms with van der Waals surface area (Å²) in [6.07, 6.45) is 5.30. The number of rotatable bonds is 6. The second-order valence-electron chi connectivity index (χ2n) is 7.41. The first-order valence-corrected chi connectivity index (χ1v) is 11.9. The van der Waals surface area contributed by atoms with Crippen molar-refractivity contribution in [2.24, 2.45) is 4.99 Å². The molecule has 0 atom stereocenters. The molecule has 154 valence electrons. The summed E-state index contributed by atoms with van der Waals surface area (Å²) in [6.45, 7) is 9.28. The van der Waals surface area contributed by atoms with Crippen molar-refractivity contribution in [3.8, 4) is 0 Å². The van der Waals surface area contributed by atoms with Crippen LogP contribution in [0.5, 0.6) is 0 Å². The molecule has 1 aromatic heterocycles. The van der Waals surface area contributed by atoms with Crippen LogP contribution in [0.3, 0.4) is 0 Å². The normalized spacial score (nSPS) is 20.3. The summed E-state index contributed by atoms with van der Waals surface area (Å²) in [4.78, 5) is 14.7. The lowest BCUT2D eigenvalue weighted by Crippen LogP contribution is -2.53. The Morgan fingerprint density at radius 3 is 2.63 bits per heavy atom. The van der Waals surface area contributed by atoms with Gasteiger partial charge in [-0.3, -0.25) is 9.89 Å². The number of nitrogens with one attached hydrogen (secondary N) is 1. The maximum Gasteiger partial charge on any atom is 0.194 e. The molecule has 2 fully saturated rings.